The highest BCUT2D eigenvalue weighted by Crippen LogP contribution is 2.48. The number of para-hydroxylation sites is 2. The maximum absolute atomic E-state index is 13.1. The number of amides is 2. The minimum Gasteiger partial charge on any atom is -0.506 e. The molecule has 3 aromatic carbocycles. The van der Waals surface area contributed by atoms with E-state index in [4.69, 9.17) is 0 Å². The minimum absolute atomic E-state index is 0.0481. The number of anilines is 3. The SMILES string of the molecule is Cc1ccc(O)c(NC(=O)N2c3ccccc3Sc3ccccc32)c1. The first-order valence-electron chi connectivity index (χ1n) is 7.90. The average Bonchev–Trinajstić information content (AvgIpc) is 2.62. The number of nitrogens with one attached hydrogen (secondary N) is 1. The lowest BCUT2D eigenvalue weighted by Gasteiger charge is -2.31. The first-order chi connectivity index (χ1) is 12.1. The quantitative estimate of drug-likeness (QED) is 0.568. The number of rotatable bonds is 1. The minimum atomic E-state index is -0.305. The van der Waals surface area contributed by atoms with Crippen molar-refractivity contribution >= 4 is 34.9 Å². The Hall–Kier alpha value is -2.92. The summed E-state index contributed by atoms with van der Waals surface area (Å²) in [6, 6.07) is 20.4. The largest absolute Gasteiger partial charge is 0.506 e. The van der Waals surface area contributed by atoms with Crippen LogP contribution in [-0.2, 0) is 0 Å². The molecule has 0 spiro atoms. The van der Waals surface area contributed by atoms with Crippen molar-refractivity contribution in [3.63, 3.8) is 0 Å². The van der Waals surface area contributed by atoms with Gasteiger partial charge in [0.25, 0.3) is 0 Å². The van der Waals surface area contributed by atoms with Crippen LogP contribution in [0.25, 0.3) is 0 Å². The Balaban J connectivity index is 1.76. The highest BCUT2D eigenvalue weighted by atomic mass is 32.2. The molecule has 1 heterocycles. The molecule has 4 rings (SSSR count). The molecule has 0 bridgehead atoms. The van der Waals surface area contributed by atoms with Gasteiger partial charge in [-0.25, -0.2) is 4.79 Å². The van der Waals surface area contributed by atoms with Crippen LogP contribution in [0.1, 0.15) is 5.56 Å². The lowest BCUT2D eigenvalue weighted by molar-refractivity contribution is 0.258. The van der Waals surface area contributed by atoms with Crippen molar-refractivity contribution in [2.45, 2.75) is 16.7 Å². The number of fused-ring (bicyclic) bond motifs is 2. The predicted molar refractivity (Wildman–Crippen MR) is 101 cm³/mol. The second-order valence-corrected chi connectivity index (χ2v) is 6.91. The van der Waals surface area contributed by atoms with Crippen LogP contribution in [0.5, 0.6) is 5.75 Å². The van der Waals surface area contributed by atoms with Gasteiger partial charge in [-0.1, -0.05) is 42.1 Å². The number of phenolic OH excluding ortho intramolecular Hbond substituents is 1. The molecule has 1 aliphatic heterocycles. The molecule has 2 N–H and O–H groups in total. The van der Waals surface area contributed by atoms with Crippen LogP contribution in [0.2, 0.25) is 0 Å². The fourth-order valence-corrected chi connectivity index (χ4v) is 3.90. The molecular formula is C20H16N2O2S. The summed E-state index contributed by atoms with van der Waals surface area (Å²) in [7, 11) is 0. The zero-order valence-corrected chi connectivity index (χ0v) is 14.4. The number of carbonyl (C=O) groups excluding carboxylic acids is 1. The van der Waals surface area contributed by atoms with Gasteiger partial charge in [-0.15, -0.1) is 0 Å². The third-order valence-electron chi connectivity index (χ3n) is 4.03. The molecule has 0 fully saturated rings. The number of urea groups is 1. The number of hydrogen-bond donors (Lipinski definition) is 2. The lowest BCUT2D eigenvalue weighted by atomic mass is 10.2. The van der Waals surface area contributed by atoms with Crippen molar-refractivity contribution in [1.82, 2.24) is 0 Å². The standard InChI is InChI=1S/C20H16N2O2S/c1-13-10-11-17(23)14(12-13)21-20(24)22-15-6-2-4-8-18(15)25-19-9-5-3-7-16(19)22/h2-12,23H,1H3,(H,21,24). The summed E-state index contributed by atoms with van der Waals surface area (Å²) in [4.78, 5) is 16.7. The first-order valence-corrected chi connectivity index (χ1v) is 8.72. The van der Waals surface area contributed by atoms with E-state index in [9.17, 15) is 9.90 Å². The van der Waals surface area contributed by atoms with Gasteiger partial charge in [-0.3, -0.25) is 4.90 Å². The van der Waals surface area contributed by atoms with E-state index < -0.39 is 0 Å². The van der Waals surface area contributed by atoms with E-state index in [0.29, 0.717) is 5.69 Å². The van der Waals surface area contributed by atoms with Gasteiger partial charge in [0.15, 0.2) is 0 Å². The third kappa shape index (κ3) is 2.83. The van der Waals surface area contributed by atoms with Gasteiger partial charge in [-0.05, 0) is 48.9 Å². The molecule has 0 saturated heterocycles. The van der Waals surface area contributed by atoms with Crippen LogP contribution in [0.15, 0.2) is 76.5 Å². The van der Waals surface area contributed by atoms with Crippen LogP contribution in [0.4, 0.5) is 21.9 Å². The Labute approximate surface area is 150 Å². The summed E-state index contributed by atoms with van der Waals surface area (Å²) in [5.74, 6) is 0.0481. The van der Waals surface area contributed by atoms with Gasteiger partial charge in [0.2, 0.25) is 0 Å². The summed E-state index contributed by atoms with van der Waals surface area (Å²) in [5.41, 5.74) is 3.02. The van der Waals surface area contributed by atoms with Gasteiger partial charge >= 0.3 is 6.03 Å². The maximum Gasteiger partial charge on any atom is 0.331 e. The van der Waals surface area contributed by atoms with E-state index in [2.05, 4.69) is 5.32 Å². The lowest BCUT2D eigenvalue weighted by Crippen LogP contribution is -2.32. The monoisotopic (exact) mass is 348 g/mol. The van der Waals surface area contributed by atoms with Gasteiger partial charge in [0.1, 0.15) is 5.75 Å². The molecule has 0 aromatic heterocycles. The summed E-state index contributed by atoms with van der Waals surface area (Å²) >= 11 is 1.64. The van der Waals surface area contributed by atoms with E-state index in [1.807, 2.05) is 55.5 Å². The van der Waals surface area contributed by atoms with E-state index in [0.717, 1.165) is 26.7 Å². The van der Waals surface area contributed by atoms with Crippen LogP contribution in [0, 0.1) is 6.92 Å². The van der Waals surface area contributed by atoms with E-state index in [-0.39, 0.29) is 11.8 Å². The molecular weight excluding hydrogens is 332 g/mol. The number of aromatic hydroxyl groups is 1. The highest BCUT2D eigenvalue weighted by Gasteiger charge is 2.28. The predicted octanol–water partition coefficient (Wildman–Crippen LogP) is 5.54. The fourth-order valence-electron chi connectivity index (χ4n) is 2.84. The molecule has 25 heavy (non-hydrogen) atoms. The Morgan fingerprint density at radius 2 is 1.56 bits per heavy atom. The Morgan fingerprint density at radius 1 is 0.960 bits per heavy atom. The Kier molecular flexibility index (Phi) is 3.86. The third-order valence-corrected chi connectivity index (χ3v) is 5.16. The van der Waals surface area contributed by atoms with E-state index >= 15 is 0 Å². The molecule has 124 valence electrons. The smallest absolute Gasteiger partial charge is 0.331 e. The molecule has 0 unspecified atom stereocenters. The zero-order valence-electron chi connectivity index (χ0n) is 13.6. The summed E-state index contributed by atoms with van der Waals surface area (Å²) in [6.45, 7) is 1.91. The number of hydrogen-bond acceptors (Lipinski definition) is 3. The molecule has 2 amide bonds. The first kappa shape index (κ1) is 15.6. The van der Waals surface area contributed by atoms with Crippen LogP contribution in [-0.4, -0.2) is 11.1 Å². The van der Waals surface area contributed by atoms with Crippen molar-refractivity contribution in [2.75, 3.05) is 10.2 Å². The van der Waals surface area contributed by atoms with Crippen molar-refractivity contribution in [2.24, 2.45) is 0 Å². The second kappa shape index (κ2) is 6.18. The number of aryl methyl sites for hydroxylation is 1. The normalized spacial score (nSPS) is 12.3. The average molecular weight is 348 g/mol. The van der Waals surface area contributed by atoms with Crippen LogP contribution >= 0.6 is 11.8 Å². The fraction of sp³-hybridized carbons (Fsp3) is 0.0500. The molecule has 0 atom stereocenters. The summed E-state index contributed by atoms with van der Waals surface area (Å²) in [6.07, 6.45) is 0. The van der Waals surface area contributed by atoms with Crippen molar-refractivity contribution in [3.05, 3.63) is 72.3 Å². The Morgan fingerprint density at radius 3 is 2.20 bits per heavy atom. The number of benzene rings is 3. The summed E-state index contributed by atoms with van der Waals surface area (Å²) < 4.78 is 0. The van der Waals surface area contributed by atoms with Crippen LogP contribution < -0.4 is 10.2 Å². The molecule has 4 nitrogen and oxygen atoms in total. The number of nitrogens with zero attached hydrogens (tertiary/aromatic N) is 1. The van der Waals surface area contributed by atoms with Gasteiger partial charge in [-0.2, -0.15) is 0 Å². The van der Waals surface area contributed by atoms with E-state index in [1.165, 1.54) is 0 Å². The topological polar surface area (TPSA) is 52.6 Å². The van der Waals surface area contributed by atoms with Gasteiger partial charge in [0, 0.05) is 9.79 Å². The molecule has 5 heteroatoms. The summed E-state index contributed by atoms with van der Waals surface area (Å²) in [5, 5.41) is 12.9. The number of carbonyl (C=O) groups is 1. The van der Waals surface area contributed by atoms with Crippen molar-refractivity contribution in [3.8, 4) is 5.75 Å². The van der Waals surface area contributed by atoms with Crippen LogP contribution in [0.3, 0.4) is 0 Å². The van der Waals surface area contributed by atoms with Crippen molar-refractivity contribution < 1.29 is 9.90 Å². The Bertz CT molecular complexity index is 926. The molecule has 1 aliphatic rings. The highest BCUT2D eigenvalue weighted by molar-refractivity contribution is 7.99. The second-order valence-electron chi connectivity index (χ2n) is 5.82. The molecule has 0 radical (unpaired) electrons. The van der Waals surface area contributed by atoms with Crippen molar-refractivity contribution in [1.29, 1.82) is 0 Å². The van der Waals surface area contributed by atoms with Gasteiger partial charge < -0.3 is 10.4 Å². The molecule has 3 aromatic rings. The molecule has 0 saturated carbocycles. The zero-order chi connectivity index (χ0) is 17.4. The van der Waals surface area contributed by atoms with Gasteiger partial charge in [0.05, 0.1) is 17.1 Å². The van der Waals surface area contributed by atoms with E-state index in [1.54, 1.807) is 34.9 Å². The maximum atomic E-state index is 13.1. The molecule has 0 aliphatic carbocycles. The number of phenols is 1.